The lowest BCUT2D eigenvalue weighted by Crippen LogP contribution is -2.08. The number of allylic oxidation sites excluding steroid dienone is 1. The van der Waals surface area contributed by atoms with Crippen LogP contribution in [0.4, 0.5) is 0 Å². The number of H-pyrrole nitrogens is 1. The summed E-state index contributed by atoms with van der Waals surface area (Å²) in [5.41, 5.74) is 1.05. The van der Waals surface area contributed by atoms with Gasteiger partial charge in [0, 0.05) is 24.3 Å². The van der Waals surface area contributed by atoms with Gasteiger partial charge < -0.3 is 14.9 Å². The lowest BCUT2D eigenvalue weighted by Gasteiger charge is -2.17. The van der Waals surface area contributed by atoms with Crippen LogP contribution < -0.4 is 5.56 Å². The SMILES string of the molecule is CC(C=O)CCCCCCC(CCCC=CC(=O)O)Cc1ccc(=O)[nH]c1. The van der Waals surface area contributed by atoms with Gasteiger partial charge in [0.05, 0.1) is 0 Å². The predicted molar refractivity (Wildman–Crippen MR) is 108 cm³/mol. The summed E-state index contributed by atoms with van der Waals surface area (Å²) in [6, 6.07) is 3.45. The van der Waals surface area contributed by atoms with Crippen LogP contribution in [-0.4, -0.2) is 22.3 Å². The number of aromatic amines is 1. The Balaban J connectivity index is 2.39. The van der Waals surface area contributed by atoms with Crippen LogP contribution in [0.3, 0.4) is 0 Å². The molecular formula is C22H33NO4. The van der Waals surface area contributed by atoms with Crippen LogP contribution in [0, 0.1) is 11.8 Å². The van der Waals surface area contributed by atoms with Crippen molar-refractivity contribution in [3.8, 4) is 0 Å². The van der Waals surface area contributed by atoms with E-state index in [1.165, 1.54) is 12.5 Å². The molecule has 2 unspecified atom stereocenters. The van der Waals surface area contributed by atoms with Crippen molar-refractivity contribution in [3.63, 3.8) is 0 Å². The van der Waals surface area contributed by atoms with Crippen molar-refractivity contribution in [1.29, 1.82) is 0 Å². The fourth-order valence-corrected chi connectivity index (χ4v) is 3.28. The summed E-state index contributed by atoms with van der Waals surface area (Å²) in [6.07, 6.45) is 16.2. The van der Waals surface area contributed by atoms with Crippen LogP contribution >= 0.6 is 0 Å². The Morgan fingerprint density at radius 2 is 1.81 bits per heavy atom. The van der Waals surface area contributed by atoms with Gasteiger partial charge in [-0.1, -0.05) is 51.2 Å². The fraction of sp³-hybridized carbons (Fsp3) is 0.591. The van der Waals surface area contributed by atoms with Gasteiger partial charge in [0.1, 0.15) is 6.29 Å². The molecule has 0 bridgehead atoms. The van der Waals surface area contributed by atoms with Crippen molar-refractivity contribution in [2.75, 3.05) is 0 Å². The van der Waals surface area contributed by atoms with Crippen LogP contribution in [0.1, 0.15) is 70.3 Å². The maximum absolute atomic E-state index is 11.2. The number of carboxylic acids is 1. The van der Waals surface area contributed by atoms with Crippen molar-refractivity contribution >= 4 is 12.3 Å². The third-order valence-corrected chi connectivity index (χ3v) is 4.87. The van der Waals surface area contributed by atoms with Gasteiger partial charge in [-0.05, 0) is 43.6 Å². The van der Waals surface area contributed by atoms with Gasteiger partial charge in [0.2, 0.25) is 5.56 Å². The first-order chi connectivity index (χ1) is 13.0. The molecule has 27 heavy (non-hydrogen) atoms. The Hall–Kier alpha value is -2.17. The van der Waals surface area contributed by atoms with E-state index in [1.807, 2.05) is 13.0 Å². The second-order valence-electron chi connectivity index (χ2n) is 7.41. The van der Waals surface area contributed by atoms with E-state index >= 15 is 0 Å². The number of nitrogens with one attached hydrogen (secondary N) is 1. The number of aliphatic carboxylic acids is 1. The zero-order valence-electron chi connectivity index (χ0n) is 16.4. The molecule has 0 saturated carbocycles. The lowest BCUT2D eigenvalue weighted by atomic mass is 9.89. The lowest BCUT2D eigenvalue weighted by molar-refractivity contribution is -0.131. The molecule has 0 spiro atoms. The molecule has 0 aliphatic carbocycles. The molecule has 1 aromatic heterocycles. The zero-order chi connectivity index (χ0) is 19.9. The van der Waals surface area contributed by atoms with E-state index in [2.05, 4.69) is 4.98 Å². The monoisotopic (exact) mass is 375 g/mol. The zero-order valence-corrected chi connectivity index (χ0v) is 16.4. The summed E-state index contributed by atoms with van der Waals surface area (Å²) in [6.45, 7) is 1.96. The highest BCUT2D eigenvalue weighted by molar-refractivity contribution is 5.79. The molecule has 5 heteroatoms. The van der Waals surface area contributed by atoms with Crippen molar-refractivity contribution in [3.05, 3.63) is 46.4 Å². The molecule has 1 aromatic rings. The number of unbranched alkanes of at least 4 members (excludes halogenated alkanes) is 4. The van der Waals surface area contributed by atoms with E-state index in [0.717, 1.165) is 69.6 Å². The smallest absolute Gasteiger partial charge is 0.327 e. The number of pyridine rings is 1. The normalized spacial score (nSPS) is 13.5. The van der Waals surface area contributed by atoms with Crippen LogP contribution in [0.2, 0.25) is 0 Å². The largest absolute Gasteiger partial charge is 0.478 e. The van der Waals surface area contributed by atoms with Crippen molar-refractivity contribution in [2.45, 2.75) is 71.1 Å². The average Bonchev–Trinajstić information content (AvgIpc) is 2.65. The Morgan fingerprint density at radius 1 is 1.11 bits per heavy atom. The van der Waals surface area contributed by atoms with Crippen molar-refractivity contribution < 1.29 is 14.7 Å². The summed E-state index contributed by atoms with van der Waals surface area (Å²) in [4.78, 5) is 35.1. The molecule has 0 fully saturated rings. The first-order valence-electron chi connectivity index (χ1n) is 10.0. The molecule has 0 aromatic carbocycles. The Bertz CT molecular complexity index is 615. The summed E-state index contributed by atoms with van der Waals surface area (Å²) < 4.78 is 0. The number of carbonyl (C=O) groups is 2. The van der Waals surface area contributed by atoms with Gasteiger partial charge in [-0.3, -0.25) is 4.79 Å². The van der Waals surface area contributed by atoms with E-state index in [1.54, 1.807) is 18.3 Å². The molecule has 0 radical (unpaired) electrons. The summed E-state index contributed by atoms with van der Waals surface area (Å²) >= 11 is 0. The highest BCUT2D eigenvalue weighted by Gasteiger charge is 2.10. The predicted octanol–water partition coefficient (Wildman–Crippen LogP) is 4.52. The summed E-state index contributed by atoms with van der Waals surface area (Å²) in [5.74, 6) is -0.205. The van der Waals surface area contributed by atoms with Gasteiger partial charge in [-0.15, -0.1) is 0 Å². The standard InChI is InChI=1S/C22H33NO4/c1-18(17-24)9-5-2-3-6-10-19(11-7-4-8-12-22(26)27)15-20-13-14-21(25)23-16-20/h8,12-14,16-19H,2-7,9-11,15H2,1H3,(H,23,25)(H,26,27). The number of hydrogen-bond donors (Lipinski definition) is 2. The number of hydrogen-bond acceptors (Lipinski definition) is 3. The van der Waals surface area contributed by atoms with E-state index in [4.69, 9.17) is 5.11 Å². The third kappa shape index (κ3) is 11.9. The quantitative estimate of drug-likeness (QED) is 0.268. The number of aldehydes is 1. The highest BCUT2D eigenvalue weighted by atomic mass is 16.4. The molecule has 0 aliphatic rings. The van der Waals surface area contributed by atoms with Gasteiger partial charge >= 0.3 is 5.97 Å². The molecule has 2 N–H and O–H groups in total. The maximum atomic E-state index is 11.2. The van der Waals surface area contributed by atoms with E-state index < -0.39 is 5.97 Å². The molecule has 5 nitrogen and oxygen atoms in total. The van der Waals surface area contributed by atoms with Crippen molar-refractivity contribution in [1.82, 2.24) is 4.98 Å². The molecule has 1 rings (SSSR count). The number of rotatable bonds is 15. The minimum absolute atomic E-state index is 0.0846. The van der Waals surface area contributed by atoms with Gasteiger partial charge in [-0.2, -0.15) is 0 Å². The molecule has 1 heterocycles. The first-order valence-corrected chi connectivity index (χ1v) is 10.0. The number of carboxylic acid groups (broad SMARTS) is 1. The Labute approximate surface area is 161 Å². The second-order valence-corrected chi connectivity index (χ2v) is 7.41. The topological polar surface area (TPSA) is 87.2 Å². The Morgan fingerprint density at radius 3 is 2.44 bits per heavy atom. The molecule has 2 atom stereocenters. The summed E-state index contributed by atoms with van der Waals surface area (Å²) in [5, 5.41) is 8.64. The van der Waals surface area contributed by atoms with Crippen molar-refractivity contribution in [2.24, 2.45) is 11.8 Å². The van der Waals surface area contributed by atoms with Crippen LogP contribution in [0.15, 0.2) is 35.3 Å². The minimum Gasteiger partial charge on any atom is -0.478 e. The molecule has 150 valence electrons. The van der Waals surface area contributed by atoms with Crippen LogP contribution in [0.25, 0.3) is 0 Å². The summed E-state index contributed by atoms with van der Waals surface area (Å²) in [7, 11) is 0. The fourth-order valence-electron chi connectivity index (χ4n) is 3.28. The number of carbonyl (C=O) groups excluding carboxylic acids is 1. The van der Waals surface area contributed by atoms with Crippen LogP contribution in [-0.2, 0) is 16.0 Å². The first kappa shape index (κ1) is 22.9. The van der Waals surface area contributed by atoms with Gasteiger partial charge in [0.25, 0.3) is 0 Å². The average molecular weight is 376 g/mol. The van der Waals surface area contributed by atoms with E-state index in [0.29, 0.717) is 5.92 Å². The Kier molecular flexibility index (Phi) is 11.8. The minimum atomic E-state index is -0.899. The third-order valence-electron chi connectivity index (χ3n) is 4.87. The maximum Gasteiger partial charge on any atom is 0.327 e. The molecule has 0 saturated heterocycles. The van der Waals surface area contributed by atoms with Gasteiger partial charge in [-0.25, -0.2) is 4.79 Å². The van der Waals surface area contributed by atoms with Crippen LogP contribution in [0.5, 0.6) is 0 Å². The molecular weight excluding hydrogens is 342 g/mol. The molecule has 0 aliphatic heterocycles. The number of aromatic nitrogens is 1. The highest BCUT2D eigenvalue weighted by Crippen LogP contribution is 2.22. The van der Waals surface area contributed by atoms with E-state index in [9.17, 15) is 14.4 Å². The second kappa shape index (κ2) is 14.0. The molecule has 0 amide bonds. The van der Waals surface area contributed by atoms with E-state index in [-0.39, 0.29) is 11.5 Å². The van der Waals surface area contributed by atoms with Gasteiger partial charge in [0.15, 0.2) is 0 Å².